The predicted molar refractivity (Wildman–Crippen MR) is 78.9 cm³/mol. The first-order chi connectivity index (χ1) is 10.6. The van der Waals surface area contributed by atoms with Crippen molar-refractivity contribution in [3.05, 3.63) is 41.7 Å². The van der Waals surface area contributed by atoms with Gasteiger partial charge < -0.3 is 15.8 Å². The van der Waals surface area contributed by atoms with Gasteiger partial charge in [-0.2, -0.15) is 0 Å². The first kappa shape index (κ1) is 15.6. The highest BCUT2D eigenvalue weighted by Gasteiger charge is 2.14. The van der Waals surface area contributed by atoms with Crippen LogP contribution >= 0.6 is 0 Å². The molecule has 0 saturated heterocycles. The van der Waals surface area contributed by atoms with Crippen LogP contribution in [0.4, 0.5) is 5.69 Å². The van der Waals surface area contributed by atoms with Crippen molar-refractivity contribution < 1.29 is 14.3 Å². The summed E-state index contributed by atoms with van der Waals surface area (Å²) in [5, 5.41) is 10.3. The molecule has 0 aliphatic heterocycles. The molecular weight excluding hydrogens is 286 g/mol. The van der Waals surface area contributed by atoms with Crippen molar-refractivity contribution in [3.8, 4) is 0 Å². The molecule has 1 aromatic heterocycles. The maximum atomic E-state index is 12.0. The Hall–Kier alpha value is -2.74. The van der Waals surface area contributed by atoms with E-state index in [1.807, 2.05) is 0 Å². The van der Waals surface area contributed by atoms with Crippen molar-refractivity contribution in [2.75, 3.05) is 11.9 Å². The van der Waals surface area contributed by atoms with E-state index in [1.165, 1.54) is 4.68 Å². The lowest BCUT2D eigenvalue weighted by molar-refractivity contribution is -0.116. The lowest BCUT2D eigenvalue weighted by atomic mass is 10.2. The number of nitrogens with one attached hydrogen (secondary N) is 1. The number of amides is 1. The van der Waals surface area contributed by atoms with Gasteiger partial charge in [0.1, 0.15) is 6.54 Å². The molecule has 1 amide bonds. The summed E-state index contributed by atoms with van der Waals surface area (Å²) >= 11 is 0. The van der Waals surface area contributed by atoms with Gasteiger partial charge in [-0.3, -0.25) is 4.79 Å². The summed E-state index contributed by atoms with van der Waals surface area (Å²) in [5.41, 5.74) is 6.73. The van der Waals surface area contributed by atoms with E-state index in [1.54, 1.807) is 37.4 Å². The number of hydrogen-bond acceptors (Lipinski definition) is 6. The van der Waals surface area contributed by atoms with Crippen LogP contribution in [0, 0.1) is 0 Å². The van der Waals surface area contributed by atoms with Crippen LogP contribution in [0.1, 0.15) is 23.0 Å². The molecule has 0 radical (unpaired) electrons. The molecule has 0 saturated carbocycles. The zero-order valence-electron chi connectivity index (χ0n) is 12.2. The van der Waals surface area contributed by atoms with Gasteiger partial charge in [0.25, 0.3) is 0 Å². The van der Waals surface area contributed by atoms with Crippen LogP contribution in [-0.4, -0.2) is 33.5 Å². The second-order valence-electron chi connectivity index (χ2n) is 4.43. The lowest BCUT2D eigenvalue weighted by Gasteiger charge is -2.10. The molecule has 0 spiro atoms. The first-order valence-corrected chi connectivity index (χ1v) is 6.79. The third-order valence-corrected chi connectivity index (χ3v) is 2.80. The molecule has 8 heteroatoms. The molecule has 0 aliphatic rings. The van der Waals surface area contributed by atoms with Crippen molar-refractivity contribution in [1.82, 2.24) is 15.0 Å². The van der Waals surface area contributed by atoms with Crippen molar-refractivity contribution in [2.24, 2.45) is 5.73 Å². The predicted octanol–water partition coefficient (Wildman–Crippen LogP) is 0.552. The maximum absolute atomic E-state index is 12.0. The Kier molecular flexibility index (Phi) is 5.21. The Balaban J connectivity index is 2.06. The minimum absolute atomic E-state index is 0.0237. The Morgan fingerprint density at radius 1 is 1.36 bits per heavy atom. The lowest BCUT2D eigenvalue weighted by Crippen LogP contribution is -2.21. The normalized spacial score (nSPS) is 10.3. The molecule has 1 heterocycles. The average Bonchev–Trinajstić information content (AvgIpc) is 2.95. The highest BCUT2D eigenvalue weighted by molar-refractivity contribution is 6.01. The number of esters is 1. The molecule has 2 rings (SSSR count). The number of ether oxygens (including phenoxy) is 1. The molecule has 0 fully saturated rings. The van der Waals surface area contributed by atoms with Gasteiger partial charge in [-0.05, 0) is 19.1 Å². The van der Waals surface area contributed by atoms with Gasteiger partial charge in [0.15, 0.2) is 0 Å². The van der Waals surface area contributed by atoms with Crippen LogP contribution < -0.4 is 11.1 Å². The quantitative estimate of drug-likeness (QED) is 0.754. The van der Waals surface area contributed by atoms with Gasteiger partial charge in [-0.15, -0.1) is 5.10 Å². The molecule has 1 aromatic carbocycles. The summed E-state index contributed by atoms with van der Waals surface area (Å²) in [7, 11) is 0. The molecule has 0 bridgehead atoms. The Labute approximate surface area is 127 Å². The standard InChI is InChI=1S/C14H17N5O3/c1-2-22-14(21)11-5-3-4-6-12(11)16-13(20)9-19-8-10(7-15)17-18-19/h3-6,8H,2,7,9,15H2,1H3,(H,16,20). The number of aromatic nitrogens is 3. The van der Waals surface area contributed by atoms with Crippen LogP contribution in [-0.2, 0) is 22.6 Å². The molecule has 116 valence electrons. The first-order valence-electron chi connectivity index (χ1n) is 6.79. The number of benzene rings is 1. The molecule has 0 atom stereocenters. The highest BCUT2D eigenvalue weighted by atomic mass is 16.5. The number of rotatable bonds is 6. The van der Waals surface area contributed by atoms with E-state index in [0.29, 0.717) is 16.9 Å². The van der Waals surface area contributed by atoms with Gasteiger partial charge in [0, 0.05) is 6.54 Å². The third-order valence-electron chi connectivity index (χ3n) is 2.80. The van der Waals surface area contributed by atoms with Crippen molar-refractivity contribution in [3.63, 3.8) is 0 Å². The van der Waals surface area contributed by atoms with Gasteiger partial charge >= 0.3 is 5.97 Å². The molecular formula is C14H17N5O3. The number of nitrogens with two attached hydrogens (primary N) is 1. The number of para-hydroxylation sites is 1. The smallest absolute Gasteiger partial charge is 0.340 e. The summed E-state index contributed by atoms with van der Waals surface area (Å²) < 4.78 is 6.33. The van der Waals surface area contributed by atoms with Gasteiger partial charge in [-0.25, -0.2) is 9.48 Å². The summed E-state index contributed by atoms with van der Waals surface area (Å²) in [6, 6.07) is 6.65. The topological polar surface area (TPSA) is 112 Å². The van der Waals surface area contributed by atoms with Crippen LogP contribution in [0.25, 0.3) is 0 Å². The van der Waals surface area contributed by atoms with Crippen LogP contribution in [0.3, 0.4) is 0 Å². The van der Waals surface area contributed by atoms with E-state index >= 15 is 0 Å². The number of nitrogens with zero attached hydrogens (tertiary/aromatic N) is 3. The fourth-order valence-corrected chi connectivity index (χ4v) is 1.83. The summed E-state index contributed by atoms with van der Waals surface area (Å²) in [6.45, 7) is 2.22. The maximum Gasteiger partial charge on any atom is 0.340 e. The number of carbonyl (C=O) groups is 2. The van der Waals surface area contributed by atoms with Gasteiger partial charge in [-0.1, -0.05) is 17.3 Å². The van der Waals surface area contributed by atoms with E-state index in [-0.39, 0.29) is 25.6 Å². The van der Waals surface area contributed by atoms with E-state index in [0.717, 1.165) is 0 Å². The SMILES string of the molecule is CCOC(=O)c1ccccc1NC(=O)Cn1cc(CN)nn1. The molecule has 3 N–H and O–H groups in total. The summed E-state index contributed by atoms with van der Waals surface area (Å²) in [6.07, 6.45) is 1.59. The van der Waals surface area contributed by atoms with Crippen molar-refractivity contribution in [1.29, 1.82) is 0 Å². The summed E-state index contributed by atoms with van der Waals surface area (Å²) in [5.74, 6) is -0.810. The van der Waals surface area contributed by atoms with E-state index in [4.69, 9.17) is 10.5 Å². The second kappa shape index (κ2) is 7.32. The zero-order valence-corrected chi connectivity index (χ0v) is 12.2. The number of carbonyl (C=O) groups excluding carboxylic acids is 2. The molecule has 0 unspecified atom stereocenters. The van der Waals surface area contributed by atoms with E-state index in [2.05, 4.69) is 15.6 Å². The van der Waals surface area contributed by atoms with Crippen LogP contribution in [0.5, 0.6) is 0 Å². The fraction of sp³-hybridized carbons (Fsp3) is 0.286. The largest absolute Gasteiger partial charge is 0.462 e. The van der Waals surface area contributed by atoms with Gasteiger partial charge in [0.2, 0.25) is 5.91 Å². The van der Waals surface area contributed by atoms with Gasteiger partial charge in [0.05, 0.1) is 29.7 Å². The van der Waals surface area contributed by atoms with Crippen molar-refractivity contribution >= 4 is 17.6 Å². The Bertz CT molecular complexity index is 668. The minimum atomic E-state index is -0.482. The second-order valence-corrected chi connectivity index (χ2v) is 4.43. The molecule has 8 nitrogen and oxygen atoms in total. The highest BCUT2D eigenvalue weighted by Crippen LogP contribution is 2.16. The fourth-order valence-electron chi connectivity index (χ4n) is 1.83. The number of anilines is 1. The van der Waals surface area contributed by atoms with E-state index in [9.17, 15) is 9.59 Å². The minimum Gasteiger partial charge on any atom is -0.462 e. The number of hydrogen-bond donors (Lipinski definition) is 2. The average molecular weight is 303 g/mol. The Morgan fingerprint density at radius 2 is 2.14 bits per heavy atom. The van der Waals surface area contributed by atoms with Crippen LogP contribution in [0.2, 0.25) is 0 Å². The zero-order chi connectivity index (χ0) is 15.9. The monoisotopic (exact) mass is 303 g/mol. The van der Waals surface area contributed by atoms with Crippen LogP contribution in [0.15, 0.2) is 30.5 Å². The third kappa shape index (κ3) is 3.89. The molecule has 22 heavy (non-hydrogen) atoms. The summed E-state index contributed by atoms with van der Waals surface area (Å²) in [4.78, 5) is 23.9. The van der Waals surface area contributed by atoms with Crippen molar-refractivity contribution in [2.45, 2.75) is 20.0 Å². The Morgan fingerprint density at radius 3 is 2.82 bits per heavy atom. The molecule has 2 aromatic rings. The van der Waals surface area contributed by atoms with E-state index < -0.39 is 5.97 Å². The molecule has 0 aliphatic carbocycles.